The molecule has 0 amide bonds. The molecule has 0 radical (unpaired) electrons. The highest BCUT2D eigenvalue weighted by atomic mass is 79.9. The van der Waals surface area contributed by atoms with E-state index in [0.29, 0.717) is 13.1 Å². The molecule has 98 valence electrons. The normalized spacial score (nSPS) is 21.8. The van der Waals surface area contributed by atoms with Gasteiger partial charge >= 0.3 is 0 Å². The smallest absolute Gasteiger partial charge is 0.236 e. The SMILES string of the molecule is N[C@@H]1CCN(S(=O)(=O)/C=C/c2ccc(Br)cc2)C1. The maximum atomic E-state index is 12.0. The van der Waals surface area contributed by atoms with Gasteiger partial charge in [-0.2, -0.15) is 4.31 Å². The molecular formula is C12H15BrN2O2S. The van der Waals surface area contributed by atoms with E-state index in [0.717, 1.165) is 16.5 Å². The van der Waals surface area contributed by atoms with Gasteiger partial charge in [0.25, 0.3) is 0 Å². The molecule has 1 saturated heterocycles. The highest BCUT2D eigenvalue weighted by Crippen LogP contribution is 2.16. The van der Waals surface area contributed by atoms with E-state index in [1.807, 2.05) is 24.3 Å². The van der Waals surface area contributed by atoms with Crippen LogP contribution in [0.15, 0.2) is 34.1 Å². The van der Waals surface area contributed by atoms with Crippen molar-refractivity contribution >= 4 is 32.0 Å². The van der Waals surface area contributed by atoms with Crippen molar-refractivity contribution in [3.05, 3.63) is 39.7 Å². The Labute approximate surface area is 116 Å². The van der Waals surface area contributed by atoms with Crippen molar-refractivity contribution in [3.63, 3.8) is 0 Å². The average molecular weight is 331 g/mol. The molecule has 1 aliphatic heterocycles. The Morgan fingerprint density at radius 1 is 1.33 bits per heavy atom. The number of halogens is 1. The molecule has 0 bridgehead atoms. The molecule has 0 aliphatic carbocycles. The Bertz CT molecular complexity index is 540. The highest BCUT2D eigenvalue weighted by molar-refractivity contribution is 9.10. The Balaban J connectivity index is 2.10. The molecule has 2 rings (SSSR count). The Morgan fingerprint density at radius 2 is 2.00 bits per heavy atom. The van der Waals surface area contributed by atoms with Gasteiger partial charge in [-0.25, -0.2) is 8.42 Å². The lowest BCUT2D eigenvalue weighted by atomic mass is 10.2. The zero-order valence-electron chi connectivity index (χ0n) is 9.79. The molecule has 0 aromatic heterocycles. The van der Waals surface area contributed by atoms with Crippen LogP contribution in [0.3, 0.4) is 0 Å². The van der Waals surface area contributed by atoms with Gasteiger partial charge in [0.1, 0.15) is 0 Å². The van der Waals surface area contributed by atoms with E-state index in [-0.39, 0.29) is 6.04 Å². The van der Waals surface area contributed by atoms with Crippen LogP contribution in [0.4, 0.5) is 0 Å². The van der Waals surface area contributed by atoms with E-state index < -0.39 is 10.0 Å². The standard InChI is InChI=1S/C12H15BrN2O2S/c13-11-3-1-10(2-4-11)6-8-18(16,17)15-7-5-12(14)9-15/h1-4,6,8,12H,5,7,9,14H2/b8-6+/t12-/m1/s1. The van der Waals surface area contributed by atoms with Crippen molar-refractivity contribution in [2.45, 2.75) is 12.5 Å². The average Bonchev–Trinajstić information content (AvgIpc) is 2.76. The molecule has 1 aromatic rings. The lowest BCUT2D eigenvalue weighted by Gasteiger charge is -2.12. The van der Waals surface area contributed by atoms with Crippen molar-refractivity contribution < 1.29 is 8.42 Å². The first-order valence-corrected chi connectivity index (χ1v) is 7.96. The summed E-state index contributed by atoms with van der Waals surface area (Å²) >= 11 is 3.33. The molecule has 1 aliphatic rings. The van der Waals surface area contributed by atoms with Crippen molar-refractivity contribution in [2.75, 3.05) is 13.1 Å². The molecule has 4 nitrogen and oxygen atoms in total. The van der Waals surface area contributed by atoms with Crippen molar-refractivity contribution in [3.8, 4) is 0 Å². The van der Waals surface area contributed by atoms with Crippen LogP contribution in [-0.4, -0.2) is 31.9 Å². The molecule has 1 fully saturated rings. The fourth-order valence-electron chi connectivity index (χ4n) is 1.81. The summed E-state index contributed by atoms with van der Waals surface area (Å²) in [6.07, 6.45) is 2.33. The lowest BCUT2D eigenvalue weighted by Crippen LogP contribution is -2.30. The highest BCUT2D eigenvalue weighted by Gasteiger charge is 2.27. The van der Waals surface area contributed by atoms with Gasteiger partial charge in [-0.05, 0) is 30.2 Å². The van der Waals surface area contributed by atoms with Crippen LogP contribution in [0.1, 0.15) is 12.0 Å². The van der Waals surface area contributed by atoms with Crippen LogP contribution in [-0.2, 0) is 10.0 Å². The lowest BCUT2D eigenvalue weighted by molar-refractivity contribution is 0.481. The van der Waals surface area contributed by atoms with Crippen molar-refractivity contribution in [1.29, 1.82) is 0 Å². The summed E-state index contributed by atoms with van der Waals surface area (Å²) in [7, 11) is -3.34. The number of hydrogen-bond acceptors (Lipinski definition) is 3. The molecule has 6 heteroatoms. The largest absolute Gasteiger partial charge is 0.326 e. The van der Waals surface area contributed by atoms with E-state index >= 15 is 0 Å². The first kappa shape index (κ1) is 13.7. The molecule has 18 heavy (non-hydrogen) atoms. The number of rotatable bonds is 3. The van der Waals surface area contributed by atoms with Crippen LogP contribution in [0.2, 0.25) is 0 Å². The molecule has 1 aromatic carbocycles. The number of benzene rings is 1. The van der Waals surface area contributed by atoms with Gasteiger partial charge < -0.3 is 5.73 Å². The second-order valence-electron chi connectivity index (χ2n) is 4.31. The maximum absolute atomic E-state index is 12.0. The van der Waals surface area contributed by atoms with Crippen LogP contribution < -0.4 is 5.73 Å². The molecule has 1 heterocycles. The summed E-state index contributed by atoms with van der Waals surface area (Å²) in [5.74, 6) is 0. The summed E-state index contributed by atoms with van der Waals surface area (Å²) in [6.45, 7) is 0.918. The fourth-order valence-corrected chi connectivity index (χ4v) is 3.33. The van der Waals surface area contributed by atoms with Gasteiger partial charge in [0, 0.05) is 29.0 Å². The van der Waals surface area contributed by atoms with Gasteiger partial charge in [-0.15, -0.1) is 0 Å². The van der Waals surface area contributed by atoms with Gasteiger partial charge in [0.15, 0.2) is 0 Å². The Kier molecular flexibility index (Phi) is 4.21. The molecule has 1 atom stereocenters. The van der Waals surface area contributed by atoms with E-state index in [1.54, 1.807) is 6.08 Å². The van der Waals surface area contributed by atoms with Crippen LogP contribution in [0, 0.1) is 0 Å². The zero-order chi connectivity index (χ0) is 13.2. The van der Waals surface area contributed by atoms with E-state index in [9.17, 15) is 8.42 Å². The third-order valence-electron chi connectivity index (χ3n) is 2.85. The van der Waals surface area contributed by atoms with E-state index in [1.165, 1.54) is 9.71 Å². The zero-order valence-corrected chi connectivity index (χ0v) is 12.2. The minimum Gasteiger partial charge on any atom is -0.326 e. The summed E-state index contributed by atoms with van der Waals surface area (Å²) in [5, 5.41) is 1.24. The minimum absolute atomic E-state index is 0.0409. The summed E-state index contributed by atoms with van der Waals surface area (Å²) in [4.78, 5) is 0. The van der Waals surface area contributed by atoms with E-state index in [4.69, 9.17) is 5.73 Å². The molecule has 0 spiro atoms. The summed E-state index contributed by atoms with van der Waals surface area (Å²) in [6, 6.07) is 7.41. The van der Waals surface area contributed by atoms with Gasteiger partial charge in [-0.1, -0.05) is 28.1 Å². The molecular weight excluding hydrogens is 316 g/mol. The van der Waals surface area contributed by atoms with E-state index in [2.05, 4.69) is 15.9 Å². The van der Waals surface area contributed by atoms with Crippen molar-refractivity contribution in [1.82, 2.24) is 4.31 Å². The van der Waals surface area contributed by atoms with Gasteiger partial charge in [-0.3, -0.25) is 0 Å². The first-order chi connectivity index (χ1) is 8.47. The van der Waals surface area contributed by atoms with Gasteiger partial charge in [0.2, 0.25) is 10.0 Å². The second-order valence-corrected chi connectivity index (χ2v) is 7.04. The monoisotopic (exact) mass is 330 g/mol. The predicted octanol–water partition coefficient (Wildman–Crippen LogP) is 1.78. The van der Waals surface area contributed by atoms with Gasteiger partial charge in [0.05, 0.1) is 0 Å². The molecule has 2 N–H and O–H groups in total. The number of hydrogen-bond donors (Lipinski definition) is 1. The number of nitrogens with zero attached hydrogens (tertiary/aromatic N) is 1. The fraction of sp³-hybridized carbons (Fsp3) is 0.333. The minimum atomic E-state index is -3.34. The maximum Gasteiger partial charge on any atom is 0.236 e. The molecule has 0 unspecified atom stereocenters. The Morgan fingerprint density at radius 3 is 2.56 bits per heavy atom. The third-order valence-corrected chi connectivity index (χ3v) is 4.91. The molecule has 0 saturated carbocycles. The summed E-state index contributed by atoms with van der Waals surface area (Å²) in [5.41, 5.74) is 6.56. The number of sulfonamides is 1. The number of nitrogens with two attached hydrogens (primary N) is 1. The second kappa shape index (κ2) is 5.52. The quantitative estimate of drug-likeness (QED) is 0.918. The third kappa shape index (κ3) is 3.41. The van der Waals surface area contributed by atoms with Crippen LogP contribution in [0.25, 0.3) is 6.08 Å². The predicted molar refractivity (Wildman–Crippen MR) is 76.3 cm³/mol. The van der Waals surface area contributed by atoms with Crippen molar-refractivity contribution in [2.24, 2.45) is 5.73 Å². The topological polar surface area (TPSA) is 63.4 Å². The van der Waals surface area contributed by atoms with Crippen LogP contribution in [0.5, 0.6) is 0 Å². The first-order valence-electron chi connectivity index (χ1n) is 5.67. The van der Waals surface area contributed by atoms with Crippen LogP contribution >= 0.6 is 15.9 Å². The Hall–Kier alpha value is -0.690. The summed E-state index contributed by atoms with van der Waals surface area (Å²) < 4.78 is 26.4.